The molecule has 17 heavy (non-hydrogen) atoms. The fourth-order valence-corrected chi connectivity index (χ4v) is 2.00. The van der Waals surface area contributed by atoms with Crippen LogP contribution < -0.4 is 5.73 Å². The number of benzene rings is 1. The molecule has 5 heteroatoms. The molecule has 1 heterocycles. The second kappa shape index (κ2) is 5.45. The van der Waals surface area contributed by atoms with Crippen LogP contribution >= 0.6 is 23.2 Å². The Morgan fingerprint density at radius 2 is 1.88 bits per heavy atom. The zero-order valence-electron chi connectivity index (χ0n) is 8.98. The molecule has 0 spiro atoms. The molecule has 0 aliphatic rings. The normalized spacial score (nSPS) is 12.4. The lowest BCUT2D eigenvalue weighted by Gasteiger charge is -2.11. The third-order valence-electron chi connectivity index (χ3n) is 2.37. The molecule has 2 N–H and O–H groups in total. The lowest BCUT2D eigenvalue weighted by atomic mass is 10.1. The molecule has 0 saturated carbocycles. The summed E-state index contributed by atoms with van der Waals surface area (Å²) in [6.45, 7) is 0. The molecule has 1 aromatic carbocycles. The van der Waals surface area contributed by atoms with Gasteiger partial charge in [0.2, 0.25) is 0 Å². The van der Waals surface area contributed by atoms with Gasteiger partial charge in [-0.15, -0.1) is 0 Å². The summed E-state index contributed by atoms with van der Waals surface area (Å²) in [5, 5.41) is 1.23. The van der Waals surface area contributed by atoms with Crippen molar-refractivity contribution in [3.8, 4) is 0 Å². The van der Waals surface area contributed by atoms with Crippen LogP contribution in [0, 0.1) is 0 Å². The molecule has 0 radical (unpaired) electrons. The van der Waals surface area contributed by atoms with Crippen LogP contribution in [0.1, 0.15) is 17.4 Å². The van der Waals surface area contributed by atoms with Gasteiger partial charge in [-0.2, -0.15) is 0 Å². The van der Waals surface area contributed by atoms with Gasteiger partial charge >= 0.3 is 0 Å². The highest BCUT2D eigenvalue weighted by atomic mass is 35.5. The number of hydrogen-bond acceptors (Lipinski definition) is 3. The third-order valence-corrected chi connectivity index (χ3v) is 2.96. The van der Waals surface area contributed by atoms with Gasteiger partial charge in [-0.1, -0.05) is 29.3 Å². The molecule has 0 saturated heterocycles. The topological polar surface area (TPSA) is 51.8 Å². The van der Waals surface area contributed by atoms with Crippen LogP contribution in [-0.2, 0) is 6.42 Å². The largest absolute Gasteiger partial charge is 0.321 e. The average molecular weight is 268 g/mol. The first kappa shape index (κ1) is 12.3. The van der Waals surface area contributed by atoms with Crippen LogP contribution in [0.4, 0.5) is 0 Å². The molecule has 3 nitrogen and oxygen atoms in total. The van der Waals surface area contributed by atoms with E-state index in [1.54, 1.807) is 30.6 Å². The number of nitrogens with two attached hydrogens (primary N) is 1. The van der Waals surface area contributed by atoms with Gasteiger partial charge in [-0.25, -0.2) is 9.97 Å². The Labute approximate surface area is 110 Å². The second-order valence-corrected chi connectivity index (χ2v) is 4.50. The fraction of sp³-hybridized carbons (Fsp3) is 0.167. The van der Waals surface area contributed by atoms with E-state index < -0.39 is 0 Å². The minimum Gasteiger partial charge on any atom is -0.321 e. The van der Waals surface area contributed by atoms with E-state index in [-0.39, 0.29) is 6.04 Å². The molecule has 1 atom stereocenters. The summed E-state index contributed by atoms with van der Waals surface area (Å²) in [6, 6.07) is 6.85. The summed E-state index contributed by atoms with van der Waals surface area (Å²) in [5.41, 5.74) is 6.96. The van der Waals surface area contributed by atoms with Crippen molar-refractivity contribution >= 4 is 23.2 Å². The van der Waals surface area contributed by atoms with Crippen molar-refractivity contribution in [2.75, 3.05) is 0 Å². The van der Waals surface area contributed by atoms with Gasteiger partial charge in [0.15, 0.2) is 0 Å². The minimum absolute atomic E-state index is 0.269. The molecule has 2 rings (SSSR count). The van der Waals surface area contributed by atoms with Crippen molar-refractivity contribution in [2.24, 2.45) is 5.73 Å². The van der Waals surface area contributed by atoms with Gasteiger partial charge < -0.3 is 5.73 Å². The Balaban J connectivity index is 2.16. The van der Waals surface area contributed by atoms with Crippen molar-refractivity contribution in [2.45, 2.75) is 12.5 Å². The van der Waals surface area contributed by atoms with Crippen molar-refractivity contribution in [3.05, 3.63) is 58.1 Å². The van der Waals surface area contributed by atoms with Crippen LogP contribution in [-0.4, -0.2) is 9.97 Å². The second-order valence-electron chi connectivity index (χ2n) is 3.65. The van der Waals surface area contributed by atoms with Crippen molar-refractivity contribution in [1.29, 1.82) is 0 Å². The number of rotatable bonds is 3. The smallest absolute Gasteiger partial charge is 0.145 e. The fourth-order valence-electron chi connectivity index (χ4n) is 1.52. The minimum atomic E-state index is -0.269. The van der Waals surface area contributed by atoms with E-state index in [4.69, 9.17) is 28.9 Å². The highest BCUT2D eigenvalue weighted by molar-refractivity contribution is 6.35. The number of nitrogens with zero attached hydrogens (tertiary/aromatic N) is 2. The van der Waals surface area contributed by atoms with Crippen LogP contribution in [0.5, 0.6) is 0 Å². The van der Waals surface area contributed by atoms with Gasteiger partial charge in [-0.3, -0.25) is 0 Å². The molecule has 0 bridgehead atoms. The number of aromatic nitrogens is 2. The molecule has 0 aliphatic carbocycles. The van der Waals surface area contributed by atoms with Crippen molar-refractivity contribution in [1.82, 2.24) is 9.97 Å². The Hall–Kier alpha value is -1.16. The third kappa shape index (κ3) is 3.16. The molecule has 1 unspecified atom stereocenters. The standard InChI is InChI=1S/C12H11Cl2N3/c13-9-3-2-8(10(14)7-9)6-11(15)12-16-4-1-5-17-12/h1-5,7,11H,6,15H2. The predicted molar refractivity (Wildman–Crippen MR) is 69.1 cm³/mol. The Morgan fingerprint density at radius 1 is 1.18 bits per heavy atom. The molecule has 0 amide bonds. The van der Waals surface area contributed by atoms with Gasteiger partial charge in [0.25, 0.3) is 0 Å². The highest BCUT2D eigenvalue weighted by Gasteiger charge is 2.11. The van der Waals surface area contributed by atoms with Crippen LogP contribution in [0.2, 0.25) is 10.0 Å². The van der Waals surface area contributed by atoms with Gasteiger partial charge in [0.1, 0.15) is 5.82 Å². The first-order valence-electron chi connectivity index (χ1n) is 5.13. The van der Waals surface area contributed by atoms with E-state index in [9.17, 15) is 0 Å². The molecule has 88 valence electrons. The average Bonchev–Trinajstić information content (AvgIpc) is 2.34. The number of hydrogen-bond donors (Lipinski definition) is 1. The predicted octanol–water partition coefficient (Wildman–Crippen LogP) is 3.03. The lowest BCUT2D eigenvalue weighted by molar-refractivity contribution is 0.667. The summed E-state index contributed by atoms with van der Waals surface area (Å²) in [7, 11) is 0. The maximum atomic E-state index is 6.08. The van der Waals surface area contributed by atoms with Gasteiger partial charge in [0.05, 0.1) is 6.04 Å². The van der Waals surface area contributed by atoms with Gasteiger partial charge in [0, 0.05) is 22.4 Å². The molecule has 2 aromatic rings. The van der Waals surface area contributed by atoms with Crippen molar-refractivity contribution < 1.29 is 0 Å². The van der Waals surface area contributed by atoms with E-state index in [1.807, 2.05) is 6.07 Å². The van der Waals surface area contributed by atoms with E-state index in [1.165, 1.54) is 0 Å². The Morgan fingerprint density at radius 3 is 2.53 bits per heavy atom. The van der Waals surface area contributed by atoms with Crippen LogP contribution in [0.25, 0.3) is 0 Å². The molecular weight excluding hydrogens is 257 g/mol. The summed E-state index contributed by atoms with van der Waals surface area (Å²) < 4.78 is 0. The summed E-state index contributed by atoms with van der Waals surface area (Å²) >= 11 is 11.9. The Bertz CT molecular complexity index is 502. The summed E-state index contributed by atoms with van der Waals surface area (Å²) in [4.78, 5) is 8.23. The van der Waals surface area contributed by atoms with Crippen molar-refractivity contribution in [3.63, 3.8) is 0 Å². The Kier molecular flexibility index (Phi) is 3.94. The maximum Gasteiger partial charge on any atom is 0.145 e. The monoisotopic (exact) mass is 267 g/mol. The SMILES string of the molecule is NC(Cc1ccc(Cl)cc1Cl)c1ncccn1. The zero-order valence-corrected chi connectivity index (χ0v) is 10.5. The van der Waals surface area contributed by atoms with E-state index in [0.29, 0.717) is 22.3 Å². The number of halogens is 2. The maximum absolute atomic E-state index is 6.08. The molecule has 0 aliphatic heterocycles. The van der Waals surface area contributed by atoms with Crippen LogP contribution in [0.3, 0.4) is 0 Å². The quantitative estimate of drug-likeness (QED) is 0.930. The molecule has 1 aromatic heterocycles. The lowest BCUT2D eigenvalue weighted by Crippen LogP contribution is -2.16. The first-order chi connectivity index (χ1) is 8.16. The highest BCUT2D eigenvalue weighted by Crippen LogP contribution is 2.24. The summed E-state index contributed by atoms with van der Waals surface area (Å²) in [5.74, 6) is 0.610. The van der Waals surface area contributed by atoms with E-state index in [2.05, 4.69) is 9.97 Å². The molecular formula is C12H11Cl2N3. The molecule has 0 fully saturated rings. The summed E-state index contributed by atoms with van der Waals surface area (Å²) in [6.07, 6.45) is 3.93. The van der Waals surface area contributed by atoms with E-state index >= 15 is 0 Å². The van der Waals surface area contributed by atoms with Crippen LogP contribution in [0.15, 0.2) is 36.7 Å². The van der Waals surface area contributed by atoms with E-state index in [0.717, 1.165) is 5.56 Å². The first-order valence-corrected chi connectivity index (χ1v) is 5.89. The van der Waals surface area contributed by atoms with Gasteiger partial charge in [-0.05, 0) is 30.2 Å². The zero-order chi connectivity index (χ0) is 12.3.